The number of nitrogens with zero attached hydrogens (tertiary/aromatic N) is 2. The molecule has 0 aromatic carbocycles. The smallest absolute Gasteiger partial charge is 0.326 e. The Bertz CT molecular complexity index is 602. The van der Waals surface area contributed by atoms with E-state index in [1.165, 1.54) is 18.9 Å². The summed E-state index contributed by atoms with van der Waals surface area (Å²) in [5.41, 5.74) is 0. The van der Waals surface area contributed by atoms with Crippen LogP contribution in [0.3, 0.4) is 0 Å². The SMILES string of the molecule is C[C@@H](C(=O)O)N(C)C(=O)CCC(C)(C)SC1CCN(CCNC(=O)CBr)C1=O. The zero-order chi connectivity index (χ0) is 21.5. The quantitative estimate of drug-likeness (QED) is 0.432. The van der Waals surface area contributed by atoms with Crippen LogP contribution in [-0.2, 0) is 19.2 Å². The monoisotopic (exact) mass is 479 g/mol. The van der Waals surface area contributed by atoms with Gasteiger partial charge in [0.15, 0.2) is 0 Å². The number of rotatable bonds is 11. The van der Waals surface area contributed by atoms with E-state index < -0.39 is 12.0 Å². The summed E-state index contributed by atoms with van der Waals surface area (Å²) in [4.78, 5) is 50.1. The topological polar surface area (TPSA) is 107 Å². The summed E-state index contributed by atoms with van der Waals surface area (Å²) in [6, 6.07) is -0.863. The van der Waals surface area contributed by atoms with E-state index in [-0.39, 0.29) is 39.5 Å². The maximum absolute atomic E-state index is 12.6. The summed E-state index contributed by atoms with van der Waals surface area (Å²) in [5, 5.41) is 11.8. The molecule has 0 saturated carbocycles. The summed E-state index contributed by atoms with van der Waals surface area (Å²) < 4.78 is -0.288. The Morgan fingerprint density at radius 1 is 1.43 bits per heavy atom. The van der Waals surface area contributed by atoms with Gasteiger partial charge in [-0.2, -0.15) is 0 Å². The first kappa shape index (κ1) is 24.7. The lowest BCUT2D eigenvalue weighted by Gasteiger charge is -2.28. The second kappa shape index (κ2) is 11.0. The molecular formula is C18H30BrN3O5S. The van der Waals surface area contributed by atoms with E-state index in [2.05, 4.69) is 21.2 Å². The average Bonchev–Trinajstić information content (AvgIpc) is 2.97. The lowest BCUT2D eigenvalue weighted by atomic mass is 10.1. The first-order valence-electron chi connectivity index (χ1n) is 9.26. The van der Waals surface area contributed by atoms with Crippen molar-refractivity contribution in [2.24, 2.45) is 0 Å². The molecule has 0 aromatic rings. The summed E-state index contributed by atoms with van der Waals surface area (Å²) in [7, 11) is 1.49. The maximum Gasteiger partial charge on any atom is 0.326 e. The molecule has 10 heteroatoms. The second-order valence-corrected chi connectivity index (χ2v) is 9.95. The van der Waals surface area contributed by atoms with Crippen LogP contribution in [0.25, 0.3) is 0 Å². The van der Waals surface area contributed by atoms with Crippen LogP contribution < -0.4 is 5.32 Å². The molecule has 1 aliphatic rings. The third kappa shape index (κ3) is 7.62. The van der Waals surface area contributed by atoms with Crippen LogP contribution in [0.2, 0.25) is 0 Å². The van der Waals surface area contributed by atoms with Crippen molar-refractivity contribution in [1.29, 1.82) is 0 Å². The molecule has 160 valence electrons. The molecule has 1 heterocycles. The number of amides is 3. The first-order chi connectivity index (χ1) is 13.0. The number of alkyl halides is 1. The predicted molar refractivity (Wildman–Crippen MR) is 113 cm³/mol. The van der Waals surface area contributed by atoms with E-state index in [9.17, 15) is 19.2 Å². The number of aliphatic carboxylic acids is 1. The standard InChI is InChI=1S/C18H30BrN3O5S/c1-12(17(26)27)21(4)15(24)5-7-18(2,3)28-13-6-9-22(16(13)25)10-8-20-14(23)11-19/h12-13H,5-11H2,1-4H3,(H,20,23)(H,26,27)/t12-,13?/m0/s1. The van der Waals surface area contributed by atoms with Gasteiger partial charge >= 0.3 is 5.97 Å². The van der Waals surface area contributed by atoms with Crippen molar-refractivity contribution in [2.45, 2.75) is 56.1 Å². The normalized spacial score (nSPS) is 18.1. The number of likely N-dealkylation sites (N-methyl/N-ethyl adjacent to an activating group) is 1. The molecule has 0 spiro atoms. The highest BCUT2D eigenvalue weighted by atomic mass is 79.9. The highest BCUT2D eigenvalue weighted by Gasteiger charge is 2.36. The Labute approximate surface area is 178 Å². The van der Waals surface area contributed by atoms with Crippen molar-refractivity contribution >= 4 is 51.4 Å². The summed E-state index contributed by atoms with van der Waals surface area (Å²) >= 11 is 4.64. The Morgan fingerprint density at radius 2 is 2.07 bits per heavy atom. The molecule has 3 amide bonds. The maximum atomic E-state index is 12.6. The lowest BCUT2D eigenvalue weighted by molar-refractivity contribution is -0.148. The fourth-order valence-corrected chi connectivity index (χ4v) is 4.49. The molecule has 28 heavy (non-hydrogen) atoms. The number of likely N-dealkylation sites (tertiary alicyclic amines) is 1. The van der Waals surface area contributed by atoms with Gasteiger partial charge in [-0.25, -0.2) is 4.79 Å². The van der Waals surface area contributed by atoms with Gasteiger partial charge in [-0.3, -0.25) is 14.4 Å². The van der Waals surface area contributed by atoms with E-state index in [1.807, 2.05) is 13.8 Å². The van der Waals surface area contributed by atoms with Gasteiger partial charge in [-0.05, 0) is 19.8 Å². The minimum atomic E-state index is -1.03. The minimum Gasteiger partial charge on any atom is -0.480 e. The number of hydrogen-bond acceptors (Lipinski definition) is 5. The Balaban J connectivity index is 2.47. The average molecular weight is 480 g/mol. The van der Waals surface area contributed by atoms with Crippen molar-refractivity contribution in [2.75, 3.05) is 32.0 Å². The lowest BCUT2D eigenvalue weighted by Crippen LogP contribution is -2.40. The Morgan fingerprint density at radius 3 is 2.64 bits per heavy atom. The number of carbonyl (C=O) groups is 4. The first-order valence-corrected chi connectivity index (χ1v) is 11.3. The van der Waals surface area contributed by atoms with Gasteiger partial charge in [0, 0.05) is 37.8 Å². The van der Waals surface area contributed by atoms with Gasteiger partial charge in [-0.1, -0.05) is 29.8 Å². The molecule has 1 rings (SSSR count). The van der Waals surface area contributed by atoms with Crippen molar-refractivity contribution in [3.8, 4) is 0 Å². The van der Waals surface area contributed by atoms with Crippen molar-refractivity contribution in [3.63, 3.8) is 0 Å². The fourth-order valence-electron chi connectivity index (χ4n) is 2.83. The number of carboxylic acids is 1. The van der Waals surface area contributed by atoms with Gasteiger partial charge in [-0.15, -0.1) is 11.8 Å². The number of carbonyl (C=O) groups excluding carboxylic acids is 3. The highest BCUT2D eigenvalue weighted by Crippen LogP contribution is 2.37. The molecule has 0 bridgehead atoms. The largest absolute Gasteiger partial charge is 0.480 e. The number of hydrogen-bond donors (Lipinski definition) is 2. The Kier molecular flexibility index (Phi) is 9.76. The van der Waals surface area contributed by atoms with Crippen LogP contribution in [0.4, 0.5) is 0 Å². The summed E-state index contributed by atoms with van der Waals surface area (Å²) in [6.07, 6.45) is 1.53. The van der Waals surface area contributed by atoms with Gasteiger partial charge in [0.1, 0.15) is 6.04 Å². The molecule has 8 nitrogen and oxygen atoms in total. The van der Waals surface area contributed by atoms with Crippen LogP contribution in [-0.4, -0.2) is 86.6 Å². The van der Waals surface area contributed by atoms with Crippen LogP contribution in [0.5, 0.6) is 0 Å². The van der Waals surface area contributed by atoms with Gasteiger partial charge in [0.25, 0.3) is 0 Å². The molecule has 2 atom stereocenters. The third-order valence-corrected chi connectivity index (χ3v) is 6.88. The second-order valence-electron chi connectivity index (χ2n) is 7.48. The van der Waals surface area contributed by atoms with Crippen LogP contribution in [0.15, 0.2) is 0 Å². The fraction of sp³-hybridized carbons (Fsp3) is 0.778. The zero-order valence-corrected chi connectivity index (χ0v) is 19.3. The van der Waals surface area contributed by atoms with Gasteiger partial charge in [0.05, 0.1) is 10.6 Å². The van der Waals surface area contributed by atoms with Crippen LogP contribution >= 0.6 is 27.7 Å². The number of halogens is 1. The molecule has 1 unspecified atom stereocenters. The van der Waals surface area contributed by atoms with Crippen molar-refractivity contribution < 1.29 is 24.3 Å². The molecule has 1 saturated heterocycles. The summed E-state index contributed by atoms with van der Waals surface area (Å²) in [6.45, 7) is 7.06. The molecule has 0 aromatic heterocycles. The van der Waals surface area contributed by atoms with E-state index in [0.29, 0.717) is 26.1 Å². The minimum absolute atomic E-state index is 0.0640. The molecule has 0 aliphatic carbocycles. The van der Waals surface area contributed by atoms with E-state index >= 15 is 0 Å². The van der Waals surface area contributed by atoms with Gasteiger partial charge < -0.3 is 20.2 Å². The number of carboxylic acid groups (broad SMARTS) is 1. The molecule has 2 N–H and O–H groups in total. The van der Waals surface area contributed by atoms with Crippen molar-refractivity contribution in [3.05, 3.63) is 0 Å². The van der Waals surface area contributed by atoms with Crippen LogP contribution in [0, 0.1) is 0 Å². The summed E-state index contributed by atoms with van der Waals surface area (Å²) in [5.74, 6) is -1.29. The molecular weight excluding hydrogens is 450 g/mol. The number of thioether (sulfide) groups is 1. The molecule has 1 aliphatic heterocycles. The van der Waals surface area contributed by atoms with E-state index in [1.54, 1.807) is 16.7 Å². The van der Waals surface area contributed by atoms with Crippen molar-refractivity contribution in [1.82, 2.24) is 15.1 Å². The van der Waals surface area contributed by atoms with E-state index in [0.717, 1.165) is 6.42 Å². The van der Waals surface area contributed by atoms with Gasteiger partial charge in [0.2, 0.25) is 17.7 Å². The third-order valence-electron chi connectivity index (χ3n) is 4.81. The zero-order valence-electron chi connectivity index (χ0n) is 16.9. The molecule has 1 fully saturated rings. The molecule has 0 radical (unpaired) electrons. The van der Waals surface area contributed by atoms with E-state index in [4.69, 9.17) is 5.11 Å². The number of nitrogens with one attached hydrogen (secondary N) is 1. The predicted octanol–water partition coefficient (Wildman–Crippen LogP) is 1.32. The highest BCUT2D eigenvalue weighted by molar-refractivity contribution is 9.09. The van der Waals surface area contributed by atoms with Crippen LogP contribution in [0.1, 0.15) is 40.0 Å². The Hall–Kier alpha value is -1.29.